The van der Waals surface area contributed by atoms with Crippen molar-refractivity contribution >= 4 is 44.1 Å². The van der Waals surface area contributed by atoms with Crippen LogP contribution in [0, 0.1) is 6.92 Å². The molecule has 1 aliphatic rings. The highest BCUT2D eigenvalue weighted by Gasteiger charge is 2.34. The maximum Gasteiger partial charge on any atom is 0.248 e. The summed E-state index contributed by atoms with van der Waals surface area (Å²) in [4.78, 5) is 36.6. The van der Waals surface area contributed by atoms with Gasteiger partial charge >= 0.3 is 0 Å². The third-order valence-electron chi connectivity index (χ3n) is 5.46. The smallest absolute Gasteiger partial charge is 0.248 e. The minimum absolute atomic E-state index is 0.0713. The number of rotatable bonds is 4. The highest BCUT2D eigenvalue weighted by Crippen LogP contribution is 2.27. The molecule has 1 aromatic carbocycles. The van der Waals surface area contributed by atoms with Crippen LogP contribution >= 0.6 is 11.3 Å². The molecule has 4 aromatic rings. The van der Waals surface area contributed by atoms with E-state index >= 15 is 0 Å². The fraction of sp³-hybridized carbons (Fsp3) is 0.273. The average Bonchev–Trinajstić information content (AvgIpc) is 3.45. The van der Waals surface area contributed by atoms with E-state index in [1.165, 1.54) is 11.3 Å². The number of pyridine rings is 1. The van der Waals surface area contributed by atoms with Crippen molar-refractivity contribution in [2.45, 2.75) is 32.2 Å². The third kappa shape index (κ3) is 3.43. The molecule has 0 radical (unpaired) electrons. The van der Waals surface area contributed by atoms with E-state index in [-0.39, 0.29) is 18.2 Å². The van der Waals surface area contributed by atoms with Gasteiger partial charge in [0.1, 0.15) is 11.7 Å². The van der Waals surface area contributed by atoms with Gasteiger partial charge in [0.2, 0.25) is 11.8 Å². The minimum Gasteiger partial charge on any atom is -0.330 e. The van der Waals surface area contributed by atoms with E-state index in [1.807, 2.05) is 60.1 Å². The topological polar surface area (TPSA) is 79.6 Å². The van der Waals surface area contributed by atoms with E-state index in [9.17, 15) is 9.59 Å². The molecule has 1 N–H and O–H groups in total. The maximum absolute atomic E-state index is 13.0. The average molecular weight is 420 g/mol. The minimum atomic E-state index is -0.469. The molecule has 0 saturated carbocycles. The van der Waals surface area contributed by atoms with Crippen LogP contribution in [0.25, 0.3) is 15.9 Å². The van der Waals surface area contributed by atoms with Crippen molar-refractivity contribution < 1.29 is 9.59 Å². The number of likely N-dealkylation sites (tertiary alicyclic amines) is 1. The van der Waals surface area contributed by atoms with Crippen LogP contribution < -0.4 is 5.32 Å². The highest BCUT2D eigenvalue weighted by molar-refractivity contribution is 7.22. The van der Waals surface area contributed by atoms with Crippen LogP contribution in [0.1, 0.15) is 24.1 Å². The molecular weight excluding hydrogens is 398 g/mol. The number of anilines is 1. The van der Waals surface area contributed by atoms with E-state index in [1.54, 1.807) is 4.90 Å². The highest BCUT2D eigenvalue weighted by atomic mass is 32.1. The number of benzene rings is 1. The molecule has 152 valence electrons. The predicted octanol–water partition coefficient (Wildman–Crippen LogP) is 3.42. The van der Waals surface area contributed by atoms with Gasteiger partial charge in [-0.05, 0) is 43.5 Å². The molecular formula is C22H21N5O2S. The van der Waals surface area contributed by atoms with Crippen LogP contribution in [0.15, 0.2) is 48.8 Å². The lowest BCUT2D eigenvalue weighted by molar-refractivity contribution is -0.136. The number of fused-ring (bicyclic) bond motifs is 2. The maximum atomic E-state index is 13.0. The molecule has 8 heteroatoms. The van der Waals surface area contributed by atoms with E-state index in [0.29, 0.717) is 23.8 Å². The fourth-order valence-corrected chi connectivity index (χ4v) is 4.87. The van der Waals surface area contributed by atoms with Crippen molar-refractivity contribution in [3.05, 3.63) is 60.0 Å². The number of hydrogen-bond donors (Lipinski definition) is 1. The van der Waals surface area contributed by atoms with Gasteiger partial charge < -0.3 is 14.6 Å². The molecule has 7 nitrogen and oxygen atoms in total. The van der Waals surface area contributed by atoms with Crippen molar-refractivity contribution in [2.24, 2.45) is 0 Å². The number of carbonyl (C=O) groups excluding carboxylic acids is 2. The lowest BCUT2D eigenvalue weighted by Crippen LogP contribution is -2.43. The van der Waals surface area contributed by atoms with Gasteiger partial charge in [-0.2, -0.15) is 0 Å². The molecule has 0 spiro atoms. The van der Waals surface area contributed by atoms with Crippen LogP contribution in [0.2, 0.25) is 0 Å². The predicted molar refractivity (Wildman–Crippen MR) is 117 cm³/mol. The fourth-order valence-electron chi connectivity index (χ4n) is 4.00. The summed E-state index contributed by atoms with van der Waals surface area (Å²) < 4.78 is 2.95. The first-order valence-electron chi connectivity index (χ1n) is 9.97. The zero-order valence-electron chi connectivity index (χ0n) is 16.5. The summed E-state index contributed by atoms with van der Waals surface area (Å²) in [5, 5.41) is 3.47. The van der Waals surface area contributed by atoms with Gasteiger partial charge in [0, 0.05) is 18.9 Å². The Balaban J connectivity index is 1.30. The molecule has 1 fully saturated rings. The molecule has 1 aliphatic heterocycles. The lowest BCUT2D eigenvalue weighted by Gasteiger charge is -2.23. The van der Waals surface area contributed by atoms with Crippen molar-refractivity contribution in [3.8, 4) is 0 Å². The van der Waals surface area contributed by atoms with Gasteiger partial charge in [-0.1, -0.05) is 29.5 Å². The summed E-state index contributed by atoms with van der Waals surface area (Å²) in [7, 11) is 0. The van der Waals surface area contributed by atoms with Crippen LogP contribution in [-0.2, 0) is 16.0 Å². The molecule has 5 rings (SSSR count). The second-order valence-corrected chi connectivity index (χ2v) is 8.58. The van der Waals surface area contributed by atoms with E-state index < -0.39 is 6.04 Å². The molecule has 1 unspecified atom stereocenters. The van der Waals surface area contributed by atoms with Crippen molar-refractivity contribution in [1.82, 2.24) is 19.3 Å². The summed E-state index contributed by atoms with van der Waals surface area (Å²) in [5.74, 6) is -0.247. The summed E-state index contributed by atoms with van der Waals surface area (Å²) in [5.41, 5.74) is 3.49. The van der Waals surface area contributed by atoms with Crippen LogP contribution in [0.5, 0.6) is 0 Å². The van der Waals surface area contributed by atoms with E-state index in [0.717, 1.165) is 27.8 Å². The Morgan fingerprint density at radius 3 is 2.90 bits per heavy atom. The van der Waals surface area contributed by atoms with E-state index in [2.05, 4.69) is 15.3 Å². The Bertz CT molecular complexity index is 1230. The van der Waals surface area contributed by atoms with Crippen LogP contribution in [0.4, 0.5) is 5.13 Å². The largest absolute Gasteiger partial charge is 0.330 e. The second-order valence-electron chi connectivity index (χ2n) is 7.55. The molecule has 4 heterocycles. The number of nitrogens with zero attached hydrogens (tertiary/aromatic N) is 4. The number of carbonyl (C=O) groups is 2. The Kier molecular flexibility index (Phi) is 4.71. The van der Waals surface area contributed by atoms with Gasteiger partial charge in [0.15, 0.2) is 5.13 Å². The van der Waals surface area contributed by atoms with Gasteiger partial charge in [-0.3, -0.25) is 9.59 Å². The first-order chi connectivity index (χ1) is 14.6. The third-order valence-corrected chi connectivity index (χ3v) is 6.41. The van der Waals surface area contributed by atoms with Crippen LogP contribution in [0.3, 0.4) is 0 Å². The lowest BCUT2D eigenvalue weighted by atomic mass is 10.2. The summed E-state index contributed by atoms with van der Waals surface area (Å²) in [6, 6.07) is 11.3. The van der Waals surface area contributed by atoms with Gasteiger partial charge in [0.25, 0.3) is 0 Å². The number of imidazole rings is 1. The number of nitrogens with one attached hydrogen (secondary N) is 1. The van der Waals surface area contributed by atoms with Crippen molar-refractivity contribution in [2.75, 3.05) is 11.9 Å². The first-order valence-corrected chi connectivity index (χ1v) is 10.8. The molecule has 0 aliphatic carbocycles. The number of hydrogen-bond acceptors (Lipinski definition) is 5. The summed E-state index contributed by atoms with van der Waals surface area (Å²) >= 11 is 1.44. The zero-order chi connectivity index (χ0) is 20.7. The van der Waals surface area contributed by atoms with Gasteiger partial charge in [-0.15, -0.1) is 0 Å². The Morgan fingerprint density at radius 2 is 2.07 bits per heavy atom. The monoisotopic (exact) mass is 419 g/mol. The Morgan fingerprint density at radius 1 is 1.20 bits per heavy atom. The van der Waals surface area contributed by atoms with Crippen molar-refractivity contribution in [3.63, 3.8) is 0 Å². The Hall–Kier alpha value is -3.26. The molecule has 2 amide bonds. The van der Waals surface area contributed by atoms with Crippen molar-refractivity contribution in [1.29, 1.82) is 0 Å². The standard InChI is InChI=1S/C22H21N5O2S/c1-14-6-4-10-26-13-15(23-20(14)26)12-19(28)27-11-5-8-17(27)21(29)25-22-24-16-7-2-3-9-18(16)30-22/h2-4,6-7,9-10,13,17H,5,8,11-12H2,1H3,(H,24,25,29). The first kappa shape index (κ1) is 18.7. The number of aromatic nitrogens is 3. The summed E-state index contributed by atoms with van der Waals surface area (Å²) in [6.07, 6.45) is 5.46. The number of aryl methyl sites for hydroxylation is 1. The number of amides is 2. The normalized spacial score (nSPS) is 16.4. The SMILES string of the molecule is Cc1cccn2cc(CC(=O)N3CCCC3C(=O)Nc3nc4ccccc4s3)nc12. The summed E-state index contributed by atoms with van der Waals surface area (Å²) in [6.45, 7) is 2.58. The molecule has 1 saturated heterocycles. The quantitative estimate of drug-likeness (QED) is 0.550. The molecule has 1 atom stereocenters. The van der Waals surface area contributed by atoms with Gasteiger partial charge in [0.05, 0.1) is 22.3 Å². The molecule has 30 heavy (non-hydrogen) atoms. The number of para-hydroxylation sites is 1. The van der Waals surface area contributed by atoms with E-state index in [4.69, 9.17) is 0 Å². The molecule has 0 bridgehead atoms. The zero-order valence-corrected chi connectivity index (χ0v) is 17.4. The molecule has 3 aromatic heterocycles. The van der Waals surface area contributed by atoms with Crippen LogP contribution in [-0.4, -0.2) is 43.7 Å². The number of thiazole rings is 1. The second kappa shape index (κ2) is 7.53. The Labute approximate surface area is 177 Å². The van der Waals surface area contributed by atoms with Gasteiger partial charge in [-0.25, -0.2) is 9.97 Å².